The molecule has 3 aromatic rings. The molecule has 0 bridgehead atoms. The van der Waals surface area contributed by atoms with Gasteiger partial charge in [-0.1, -0.05) is 48.7 Å². The van der Waals surface area contributed by atoms with Crippen molar-refractivity contribution in [2.75, 3.05) is 12.0 Å². The zero-order valence-electron chi connectivity index (χ0n) is 20.0. The third-order valence-electron chi connectivity index (χ3n) is 6.34. The van der Waals surface area contributed by atoms with Gasteiger partial charge in [0.05, 0.1) is 19.1 Å². The molecule has 1 fully saturated rings. The van der Waals surface area contributed by atoms with Crippen molar-refractivity contribution in [3.63, 3.8) is 0 Å². The zero-order valence-corrected chi connectivity index (χ0v) is 20.8. The molecule has 1 saturated carbocycles. The van der Waals surface area contributed by atoms with E-state index >= 15 is 0 Å². The number of carbonyl (C=O) groups excluding carboxylic acids is 3. The summed E-state index contributed by atoms with van der Waals surface area (Å²) in [7, 11) is 1.33. The lowest BCUT2D eigenvalue weighted by Crippen LogP contribution is -2.46. The first-order chi connectivity index (χ1) is 17.0. The first kappa shape index (κ1) is 24.7. The van der Waals surface area contributed by atoms with E-state index in [0.717, 1.165) is 41.7 Å². The number of esters is 1. The Balaban J connectivity index is 1.75. The fraction of sp³-hybridized carbons (Fsp3) is 0.321. The minimum atomic E-state index is -0.840. The molecule has 1 aromatic heterocycles. The van der Waals surface area contributed by atoms with E-state index in [-0.39, 0.29) is 24.3 Å². The molecule has 0 radical (unpaired) electrons. The molecule has 0 spiro atoms. The van der Waals surface area contributed by atoms with E-state index in [1.54, 1.807) is 29.2 Å². The van der Waals surface area contributed by atoms with Gasteiger partial charge in [-0.05, 0) is 61.0 Å². The third kappa shape index (κ3) is 5.98. The number of hydrogen-bond donors (Lipinski definition) is 1. The fourth-order valence-corrected chi connectivity index (χ4v) is 5.17. The van der Waals surface area contributed by atoms with Gasteiger partial charge in [0.15, 0.2) is 0 Å². The average molecular weight is 491 g/mol. The van der Waals surface area contributed by atoms with E-state index < -0.39 is 12.0 Å². The molecule has 4 rings (SSSR count). The van der Waals surface area contributed by atoms with Gasteiger partial charge in [-0.15, -0.1) is 11.3 Å². The maximum atomic E-state index is 13.8. The largest absolute Gasteiger partial charge is 0.465 e. The zero-order chi connectivity index (χ0) is 24.8. The third-order valence-corrected chi connectivity index (χ3v) is 7.22. The van der Waals surface area contributed by atoms with E-state index in [2.05, 4.69) is 5.32 Å². The highest BCUT2D eigenvalue weighted by Crippen LogP contribution is 2.31. The van der Waals surface area contributed by atoms with Crippen molar-refractivity contribution in [1.82, 2.24) is 5.32 Å². The predicted octanol–water partition coefficient (Wildman–Crippen LogP) is 5.22. The highest BCUT2D eigenvalue weighted by molar-refractivity contribution is 7.10. The topological polar surface area (TPSA) is 75.7 Å². The second-order valence-corrected chi connectivity index (χ2v) is 9.89. The van der Waals surface area contributed by atoms with Crippen molar-refractivity contribution in [3.8, 4) is 0 Å². The minimum absolute atomic E-state index is 0.117. The Morgan fingerprint density at radius 1 is 1.03 bits per heavy atom. The molecule has 6 nitrogen and oxygen atoms in total. The summed E-state index contributed by atoms with van der Waals surface area (Å²) in [4.78, 5) is 42.0. The van der Waals surface area contributed by atoms with Gasteiger partial charge in [-0.2, -0.15) is 0 Å². The summed E-state index contributed by atoms with van der Waals surface area (Å²) >= 11 is 1.51. The lowest BCUT2D eigenvalue weighted by Gasteiger charge is -2.32. The number of ether oxygens (including phenoxy) is 1. The van der Waals surface area contributed by atoms with Crippen LogP contribution < -0.4 is 10.2 Å². The van der Waals surface area contributed by atoms with Crippen LogP contribution >= 0.6 is 11.3 Å². The fourth-order valence-electron chi connectivity index (χ4n) is 4.48. The van der Waals surface area contributed by atoms with Crippen molar-refractivity contribution in [2.45, 2.75) is 51.1 Å². The number of thiophene rings is 1. The summed E-state index contributed by atoms with van der Waals surface area (Å²) in [6, 6.07) is 17.4. The van der Waals surface area contributed by atoms with E-state index in [9.17, 15) is 14.4 Å². The number of anilines is 1. The standard InChI is InChI=1S/C28H30N2O4S/c1-19-9-11-20(12-10-19)26(27(32)29-22-6-3-4-7-22)30(25(31)18-24-8-5-17-35-24)23-15-13-21(14-16-23)28(33)34-2/h5,8-17,22,26H,3-4,6-7,18H2,1-2H3,(H,29,32)/t26-/m0/s1. The summed E-state index contributed by atoms with van der Waals surface area (Å²) in [5.74, 6) is -0.843. The molecule has 1 aliphatic carbocycles. The normalized spacial score (nSPS) is 14.3. The van der Waals surface area contributed by atoms with Crippen LogP contribution in [0.4, 0.5) is 5.69 Å². The number of aryl methyl sites for hydroxylation is 1. The molecule has 182 valence electrons. The Labute approximate surface area is 209 Å². The second kappa shape index (κ2) is 11.3. The van der Waals surface area contributed by atoms with Crippen LogP contribution in [0.5, 0.6) is 0 Å². The van der Waals surface area contributed by atoms with Crippen molar-refractivity contribution in [3.05, 3.63) is 87.6 Å². The van der Waals surface area contributed by atoms with Gasteiger partial charge >= 0.3 is 5.97 Å². The molecule has 1 heterocycles. The Morgan fingerprint density at radius 2 is 1.71 bits per heavy atom. The number of carbonyl (C=O) groups is 3. The molecule has 0 saturated heterocycles. The van der Waals surface area contributed by atoms with Crippen LogP contribution in [0, 0.1) is 6.92 Å². The molecule has 1 N–H and O–H groups in total. The lowest BCUT2D eigenvalue weighted by molar-refractivity contribution is -0.127. The van der Waals surface area contributed by atoms with Crippen LogP contribution in [0.25, 0.3) is 0 Å². The second-order valence-electron chi connectivity index (χ2n) is 8.86. The van der Waals surface area contributed by atoms with Crippen LogP contribution in [0.3, 0.4) is 0 Å². The van der Waals surface area contributed by atoms with Crippen LogP contribution in [0.1, 0.15) is 58.1 Å². The molecule has 35 heavy (non-hydrogen) atoms. The molecule has 0 unspecified atom stereocenters. The monoisotopic (exact) mass is 490 g/mol. The van der Waals surface area contributed by atoms with Crippen molar-refractivity contribution < 1.29 is 19.1 Å². The summed E-state index contributed by atoms with van der Waals surface area (Å²) in [6.45, 7) is 1.99. The van der Waals surface area contributed by atoms with Gasteiger partial charge in [0, 0.05) is 16.6 Å². The summed E-state index contributed by atoms with van der Waals surface area (Å²) in [5.41, 5.74) is 2.74. The number of nitrogens with one attached hydrogen (secondary N) is 1. The van der Waals surface area contributed by atoms with Crippen LogP contribution in [-0.4, -0.2) is 30.9 Å². The Morgan fingerprint density at radius 3 is 2.31 bits per heavy atom. The first-order valence-corrected chi connectivity index (χ1v) is 12.7. The number of benzene rings is 2. The SMILES string of the molecule is COC(=O)c1ccc(N(C(=O)Cc2cccs2)[C@H](C(=O)NC2CCCC2)c2ccc(C)cc2)cc1. The average Bonchev–Trinajstić information content (AvgIpc) is 3.57. The van der Waals surface area contributed by atoms with Gasteiger partial charge in [0.2, 0.25) is 11.8 Å². The van der Waals surface area contributed by atoms with E-state index in [1.165, 1.54) is 18.4 Å². The van der Waals surface area contributed by atoms with Crippen molar-refractivity contribution in [2.24, 2.45) is 0 Å². The van der Waals surface area contributed by atoms with Crippen molar-refractivity contribution >= 4 is 34.8 Å². The molecule has 2 amide bonds. The van der Waals surface area contributed by atoms with Gasteiger partial charge < -0.3 is 10.1 Å². The van der Waals surface area contributed by atoms with Crippen LogP contribution in [0.15, 0.2) is 66.0 Å². The molecular formula is C28H30N2O4S. The van der Waals surface area contributed by atoms with Crippen molar-refractivity contribution in [1.29, 1.82) is 0 Å². The maximum Gasteiger partial charge on any atom is 0.337 e. The highest BCUT2D eigenvalue weighted by atomic mass is 32.1. The van der Waals surface area contributed by atoms with Crippen LogP contribution in [0.2, 0.25) is 0 Å². The number of nitrogens with zero attached hydrogens (tertiary/aromatic N) is 1. The molecule has 1 atom stereocenters. The van der Waals surface area contributed by atoms with Crippen LogP contribution in [-0.2, 0) is 20.7 Å². The Bertz CT molecular complexity index is 1150. The molecule has 1 aliphatic rings. The number of amides is 2. The van der Waals surface area contributed by atoms with E-state index in [4.69, 9.17) is 4.74 Å². The minimum Gasteiger partial charge on any atom is -0.465 e. The Kier molecular flexibility index (Phi) is 7.98. The summed E-state index contributed by atoms with van der Waals surface area (Å²) in [5, 5.41) is 5.12. The molecule has 2 aromatic carbocycles. The maximum absolute atomic E-state index is 13.8. The first-order valence-electron chi connectivity index (χ1n) is 11.9. The summed E-state index contributed by atoms with van der Waals surface area (Å²) < 4.78 is 4.81. The van der Waals surface area contributed by atoms with Gasteiger partial charge in [-0.25, -0.2) is 4.79 Å². The van der Waals surface area contributed by atoms with Gasteiger partial charge in [0.1, 0.15) is 6.04 Å². The van der Waals surface area contributed by atoms with Gasteiger partial charge in [0.25, 0.3) is 0 Å². The van der Waals surface area contributed by atoms with E-state index in [1.807, 2.05) is 48.7 Å². The number of hydrogen-bond acceptors (Lipinski definition) is 5. The summed E-state index contributed by atoms with van der Waals surface area (Å²) in [6.07, 6.45) is 4.26. The predicted molar refractivity (Wildman–Crippen MR) is 138 cm³/mol. The van der Waals surface area contributed by atoms with Gasteiger partial charge in [-0.3, -0.25) is 14.5 Å². The van der Waals surface area contributed by atoms with E-state index in [0.29, 0.717) is 11.3 Å². The quantitative estimate of drug-likeness (QED) is 0.440. The number of rotatable bonds is 8. The molecular weight excluding hydrogens is 460 g/mol. The number of methoxy groups -OCH3 is 1. The molecule has 7 heteroatoms. The highest BCUT2D eigenvalue weighted by Gasteiger charge is 2.34. The smallest absolute Gasteiger partial charge is 0.337 e. The Hall–Kier alpha value is -3.45. The lowest BCUT2D eigenvalue weighted by atomic mass is 10.00. The molecule has 0 aliphatic heterocycles.